The molecule has 2 aromatic carbocycles. The Morgan fingerprint density at radius 1 is 1.12 bits per heavy atom. The van der Waals surface area contributed by atoms with Gasteiger partial charge in [0.15, 0.2) is 0 Å². The van der Waals surface area contributed by atoms with Crippen molar-refractivity contribution in [2.24, 2.45) is 0 Å². The first-order valence-electron chi connectivity index (χ1n) is 8.46. The van der Waals surface area contributed by atoms with Gasteiger partial charge in [0.05, 0.1) is 23.2 Å². The Bertz CT molecular complexity index is 936. The summed E-state index contributed by atoms with van der Waals surface area (Å²) in [5.41, 5.74) is 1.72. The lowest BCUT2D eigenvalue weighted by Gasteiger charge is -2.25. The van der Waals surface area contributed by atoms with Crippen LogP contribution in [0.5, 0.6) is 0 Å². The minimum absolute atomic E-state index is 0.0843. The second-order valence-corrected chi connectivity index (χ2v) is 8.28. The smallest absolute Gasteiger partial charge is 0.335 e. The number of hydrogen-bond acceptors (Lipinski definition) is 3. The van der Waals surface area contributed by atoms with Crippen molar-refractivity contribution >= 4 is 27.4 Å². The predicted octanol–water partition coefficient (Wildman–Crippen LogP) is 4.31. The van der Waals surface area contributed by atoms with Gasteiger partial charge in [-0.2, -0.15) is 0 Å². The van der Waals surface area contributed by atoms with E-state index in [1.54, 1.807) is 42.5 Å². The third-order valence-electron chi connectivity index (χ3n) is 4.43. The quantitative estimate of drug-likeness (QED) is 0.795. The van der Waals surface area contributed by atoms with Gasteiger partial charge in [-0.1, -0.05) is 30.4 Å². The number of carboxylic acids is 1. The maximum Gasteiger partial charge on any atom is 0.335 e. The fourth-order valence-electron chi connectivity index (χ4n) is 3.27. The molecule has 1 aliphatic rings. The Labute approximate surface area is 153 Å². The summed E-state index contributed by atoms with van der Waals surface area (Å²) in [6.45, 7) is 0. The topological polar surface area (TPSA) is 74.7 Å². The van der Waals surface area contributed by atoms with E-state index in [4.69, 9.17) is 0 Å². The van der Waals surface area contributed by atoms with Crippen molar-refractivity contribution in [1.82, 2.24) is 0 Å². The second-order valence-electron chi connectivity index (χ2n) is 6.45. The van der Waals surface area contributed by atoms with Crippen LogP contribution in [0.1, 0.15) is 41.1 Å². The van der Waals surface area contributed by atoms with E-state index >= 15 is 0 Å². The summed E-state index contributed by atoms with van der Waals surface area (Å²) in [6, 6.07) is 13.5. The molecule has 0 bridgehead atoms. The molecule has 1 atom stereocenters. The molecule has 0 radical (unpaired) electrons. The molecule has 0 saturated carbocycles. The van der Waals surface area contributed by atoms with E-state index in [-0.39, 0.29) is 11.5 Å². The number of sulfonamides is 1. The monoisotopic (exact) mass is 371 g/mol. The summed E-state index contributed by atoms with van der Waals surface area (Å²) in [7, 11) is -3.64. The number of hydrogen-bond donors (Lipinski definition) is 1. The highest BCUT2D eigenvalue weighted by atomic mass is 32.2. The lowest BCUT2D eigenvalue weighted by Crippen LogP contribution is -2.25. The number of anilines is 2. The molecule has 5 nitrogen and oxygen atoms in total. The number of rotatable bonds is 5. The van der Waals surface area contributed by atoms with Crippen LogP contribution in [-0.4, -0.2) is 25.7 Å². The first-order valence-corrected chi connectivity index (χ1v) is 10.3. The third-order valence-corrected chi connectivity index (χ3v) is 5.51. The molecule has 1 aliphatic carbocycles. The SMILES string of the molecule is CS(=O)(=O)N(c1ccccc1)c1cc(C(=O)O)cc(C2C=CCCC2)c1. The summed E-state index contributed by atoms with van der Waals surface area (Å²) in [4.78, 5) is 11.6. The number of nitrogens with zero attached hydrogens (tertiary/aromatic N) is 1. The molecule has 0 fully saturated rings. The van der Waals surface area contributed by atoms with E-state index in [0.717, 1.165) is 31.1 Å². The Kier molecular flexibility index (Phi) is 5.13. The highest BCUT2D eigenvalue weighted by molar-refractivity contribution is 7.92. The van der Waals surface area contributed by atoms with Crippen LogP contribution in [-0.2, 0) is 10.0 Å². The van der Waals surface area contributed by atoms with E-state index in [1.165, 1.54) is 10.4 Å². The Balaban J connectivity index is 2.17. The molecule has 0 amide bonds. The molecular formula is C20H21NO4S. The van der Waals surface area contributed by atoms with Gasteiger partial charge in [0, 0.05) is 5.92 Å². The minimum atomic E-state index is -3.64. The average molecular weight is 371 g/mol. The first kappa shape index (κ1) is 18.2. The molecule has 0 spiro atoms. The predicted molar refractivity (Wildman–Crippen MR) is 103 cm³/mol. The van der Waals surface area contributed by atoms with Crippen LogP contribution < -0.4 is 4.31 Å². The lowest BCUT2D eigenvalue weighted by atomic mass is 9.88. The Morgan fingerprint density at radius 3 is 2.42 bits per heavy atom. The Morgan fingerprint density at radius 2 is 1.85 bits per heavy atom. The van der Waals surface area contributed by atoms with Gasteiger partial charge in [0.25, 0.3) is 0 Å². The molecule has 0 aromatic heterocycles. The molecule has 1 unspecified atom stereocenters. The van der Waals surface area contributed by atoms with E-state index < -0.39 is 16.0 Å². The Hall–Kier alpha value is -2.60. The highest BCUT2D eigenvalue weighted by Crippen LogP contribution is 2.35. The molecule has 26 heavy (non-hydrogen) atoms. The summed E-state index contributed by atoms with van der Waals surface area (Å²) in [5, 5.41) is 9.50. The number of carbonyl (C=O) groups is 1. The van der Waals surface area contributed by atoms with Crippen LogP contribution in [0.3, 0.4) is 0 Å². The summed E-state index contributed by atoms with van der Waals surface area (Å²) >= 11 is 0. The molecule has 6 heteroatoms. The lowest BCUT2D eigenvalue weighted by molar-refractivity contribution is 0.0696. The maximum absolute atomic E-state index is 12.5. The van der Waals surface area contributed by atoms with Crippen molar-refractivity contribution in [2.75, 3.05) is 10.6 Å². The van der Waals surface area contributed by atoms with Gasteiger partial charge in [0.1, 0.15) is 0 Å². The molecule has 0 saturated heterocycles. The van der Waals surface area contributed by atoms with Crippen molar-refractivity contribution < 1.29 is 18.3 Å². The zero-order valence-corrected chi connectivity index (χ0v) is 15.3. The van der Waals surface area contributed by atoms with Crippen LogP contribution in [0, 0.1) is 0 Å². The summed E-state index contributed by atoms with van der Waals surface area (Å²) < 4.78 is 26.1. The molecule has 136 valence electrons. The van der Waals surface area contributed by atoms with Gasteiger partial charge in [-0.25, -0.2) is 17.5 Å². The summed E-state index contributed by atoms with van der Waals surface area (Å²) in [5.74, 6) is -0.978. The number of aromatic carboxylic acids is 1. The molecule has 2 aromatic rings. The number of allylic oxidation sites excluding steroid dienone is 2. The van der Waals surface area contributed by atoms with Gasteiger partial charge in [0.2, 0.25) is 10.0 Å². The molecule has 0 aliphatic heterocycles. The van der Waals surface area contributed by atoms with Crippen molar-refractivity contribution in [3.8, 4) is 0 Å². The first-order chi connectivity index (χ1) is 12.4. The fraction of sp³-hybridized carbons (Fsp3) is 0.250. The van der Waals surface area contributed by atoms with E-state index in [9.17, 15) is 18.3 Å². The van der Waals surface area contributed by atoms with Crippen LogP contribution in [0.4, 0.5) is 11.4 Å². The normalized spacial score (nSPS) is 17.0. The maximum atomic E-state index is 12.5. The molecular weight excluding hydrogens is 350 g/mol. The largest absolute Gasteiger partial charge is 0.478 e. The van der Waals surface area contributed by atoms with Crippen LogP contribution in [0.25, 0.3) is 0 Å². The van der Waals surface area contributed by atoms with Gasteiger partial charge in [-0.3, -0.25) is 0 Å². The van der Waals surface area contributed by atoms with E-state index in [1.807, 2.05) is 0 Å². The van der Waals surface area contributed by atoms with Crippen LogP contribution in [0.2, 0.25) is 0 Å². The fourth-order valence-corrected chi connectivity index (χ4v) is 4.27. The summed E-state index contributed by atoms with van der Waals surface area (Å²) in [6.07, 6.45) is 8.24. The minimum Gasteiger partial charge on any atom is -0.478 e. The van der Waals surface area contributed by atoms with Gasteiger partial charge in [-0.15, -0.1) is 0 Å². The second kappa shape index (κ2) is 7.33. The zero-order valence-electron chi connectivity index (χ0n) is 14.5. The number of para-hydroxylation sites is 1. The van der Waals surface area contributed by atoms with Crippen molar-refractivity contribution in [2.45, 2.75) is 25.2 Å². The van der Waals surface area contributed by atoms with Gasteiger partial charge < -0.3 is 5.11 Å². The van der Waals surface area contributed by atoms with Gasteiger partial charge >= 0.3 is 5.97 Å². The van der Waals surface area contributed by atoms with Crippen molar-refractivity contribution in [3.63, 3.8) is 0 Å². The molecule has 1 N–H and O–H groups in total. The van der Waals surface area contributed by atoms with Gasteiger partial charge in [-0.05, 0) is 55.2 Å². The standard InChI is InChI=1S/C20H21NO4S/c1-26(24,25)21(18-10-6-3-7-11-18)19-13-16(12-17(14-19)20(22)23)15-8-4-2-5-9-15/h3-4,6-8,10-15H,2,5,9H2,1H3,(H,22,23). The van der Waals surface area contributed by atoms with Crippen LogP contribution >= 0.6 is 0 Å². The van der Waals surface area contributed by atoms with E-state index in [2.05, 4.69) is 12.2 Å². The highest BCUT2D eigenvalue weighted by Gasteiger charge is 2.23. The number of carboxylic acid groups (broad SMARTS) is 1. The van der Waals surface area contributed by atoms with Crippen molar-refractivity contribution in [1.29, 1.82) is 0 Å². The van der Waals surface area contributed by atoms with Crippen LogP contribution in [0.15, 0.2) is 60.7 Å². The third kappa shape index (κ3) is 3.96. The van der Waals surface area contributed by atoms with E-state index in [0.29, 0.717) is 11.4 Å². The number of benzene rings is 2. The van der Waals surface area contributed by atoms with Crippen molar-refractivity contribution in [3.05, 3.63) is 71.8 Å². The molecule has 3 rings (SSSR count). The average Bonchev–Trinajstić information content (AvgIpc) is 2.62. The zero-order chi connectivity index (χ0) is 18.7. The molecule has 0 heterocycles.